The maximum absolute atomic E-state index is 12.9. The number of thiophene rings is 1. The van der Waals surface area contributed by atoms with Gasteiger partial charge in [0.2, 0.25) is 5.91 Å². The Labute approximate surface area is 216 Å². The fourth-order valence-corrected chi connectivity index (χ4v) is 7.39. The average molecular weight is 519 g/mol. The van der Waals surface area contributed by atoms with Crippen molar-refractivity contribution in [3.8, 4) is 0 Å². The van der Waals surface area contributed by atoms with Crippen molar-refractivity contribution in [2.24, 2.45) is 5.92 Å². The molecular formula is C26H38N4O3S2. The normalized spacial score (nSPS) is 16.5. The van der Waals surface area contributed by atoms with E-state index < -0.39 is 0 Å². The first-order valence-corrected chi connectivity index (χ1v) is 15.1. The van der Waals surface area contributed by atoms with E-state index in [1.807, 2.05) is 6.92 Å². The van der Waals surface area contributed by atoms with Crippen molar-refractivity contribution in [1.82, 2.24) is 14.8 Å². The van der Waals surface area contributed by atoms with Crippen LogP contribution in [0.15, 0.2) is 5.16 Å². The van der Waals surface area contributed by atoms with Crippen molar-refractivity contribution in [3.63, 3.8) is 0 Å². The van der Waals surface area contributed by atoms with Crippen LogP contribution in [-0.4, -0.2) is 39.0 Å². The molecule has 0 aromatic carbocycles. The molecule has 2 aromatic rings. The smallest absolute Gasteiger partial charge is 0.341 e. The fraction of sp³-hybridized carbons (Fsp3) is 0.692. The third-order valence-corrected chi connectivity index (χ3v) is 9.27. The lowest BCUT2D eigenvalue weighted by molar-refractivity contribution is -0.113. The van der Waals surface area contributed by atoms with Crippen LogP contribution in [0.5, 0.6) is 0 Å². The number of anilines is 1. The Morgan fingerprint density at radius 3 is 2.63 bits per heavy atom. The third kappa shape index (κ3) is 6.67. The first kappa shape index (κ1) is 26.2. The molecule has 2 aliphatic carbocycles. The Balaban J connectivity index is 1.38. The highest BCUT2D eigenvalue weighted by atomic mass is 32.2. The molecule has 1 fully saturated rings. The third-order valence-electron chi connectivity index (χ3n) is 7.10. The largest absolute Gasteiger partial charge is 0.462 e. The van der Waals surface area contributed by atoms with E-state index in [1.165, 1.54) is 72.9 Å². The molecule has 7 nitrogen and oxygen atoms in total. The molecule has 0 radical (unpaired) electrons. The van der Waals surface area contributed by atoms with Gasteiger partial charge in [-0.2, -0.15) is 0 Å². The lowest BCUT2D eigenvalue weighted by Gasteiger charge is -2.21. The van der Waals surface area contributed by atoms with E-state index >= 15 is 0 Å². The van der Waals surface area contributed by atoms with E-state index in [-0.39, 0.29) is 17.6 Å². The van der Waals surface area contributed by atoms with E-state index in [0.29, 0.717) is 17.2 Å². The van der Waals surface area contributed by atoms with Crippen LogP contribution in [0.1, 0.15) is 98.3 Å². The maximum Gasteiger partial charge on any atom is 0.341 e. The van der Waals surface area contributed by atoms with Crippen LogP contribution in [0, 0.1) is 5.92 Å². The molecule has 1 saturated carbocycles. The summed E-state index contributed by atoms with van der Waals surface area (Å²) in [6, 6.07) is 0. The number of nitrogens with zero attached hydrogens (tertiary/aromatic N) is 3. The van der Waals surface area contributed by atoms with E-state index in [1.54, 1.807) is 0 Å². The van der Waals surface area contributed by atoms with Crippen molar-refractivity contribution >= 4 is 40.0 Å². The lowest BCUT2D eigenvalue weighted by atomic mass is 9.86. The van der Waals surface area contributed by atoms with Crippen molar-refractivity contribution < 1.29 is 14.3 Å². The Morgan fingerprint density at radius 2 is 1.86 bits per heavy atom. The molecule has 0 aliphatic heterocycles. The average Bonchev–Trinajstić information content (AvgIpc) is 3.33. The summed E-state index contributed by atoms with van der Waals surface area (Å²) in [6.07, 6.45) is 14.0. The summed E-state index contributed by atoms with van der Waals surface area (Å²) in [4.78, 5) is 26.9. The summed E-state index contributed by atoms with van der Waals surface area (Å²) in [6.45, 7) is 5.02. The zero-order valence-electron chi connectivity index (χ0n) is 21.1. The van der Waals surface area contributed by atoms with Gasteiger partial charge < -0.3 is 14.6 Å². The fourth-order valence-electron chi connectivity index (χ4n) is 5.28. The van der Waals surface area contributed by atoms with Crippen LogP contribution in [0.4, 0.5) is 5.00 Å². The number of rotatable bonds is 10. The summed E-state index contributed by atoms with van der Waals surface area (Å²) in [5.41, 5.74) is 1.64. The second-order valence-corrected chi connectivity index (χ2v) is 11.6. The minimum Gasteiger partial charge on any atom is -0.462 e. The monoisotopic (exact) mass is 518 g/mol. The van der Waals surface area contributed by atoms with Crippen LogP contribution < -0.4 is 5.32 Å². The molecule has 4 rings (SSSR count). The highest BCUT2D eigenvalue weighted by Gasteiger charge is 2.27. The van der Waals surface area contributed by atoms with Gasteiger partial charge in [0.25, 0.3) is 0 Å². The SMILES string of the molecule is CCOC(=O)c1c(NC(=O)CSc2nnc(CCC3CCCCC3)n2CC)sc2c1CCCCC2. The molecule has 35 heavy (non-hydrogen) atoms. The molecule has 0 unspecified atom stereocenters. The van der Waals surface area contributed by atoms with Gasteiger partial charge in [-0.25, -0.2) is 4.79 Å². The van der Waals surface area contributed by atoms with Gasteiger partial charge >= 0.3 is 5.97 Å². The highest BCUT2D eigenvalue weighted by Crippen LogP contribution is 2.38. The number of carbonyl (C=O) groups excluding carboxylic acids is 2. The molecule has 9 heteroatoms. The van der Waals surface area contributed by atoms with Gasteiger partial charge in [0, 0.05) is 17.8 Å². The Bertz CT molecular complexity index is 1010. The summed E-state index contributed by atoms with van der Waals surface area (Å²) >= 11 is 2.95. The summed E-state index contributed by atoms with van der Waals surface area (Å²) < 4.78 is 7.47. The van der Waals surface area contributed by atoms with Crippen LogP contribution in [0.2, 0.25) is 0 Å². The Morgan fingerprint density at radius 1 is 1.09 bits per heavy atom. The number of aryl methyl sites for hydroxylation is 2. The summed E-state index contributed by atoms with van der Waals surface area (Å²) in [5.74, 6) is 1.59. The second-order valence-electron chi connectivity index (χ2n) is 9.51. The first-order valence-electron chi connectivity index (χ1n) is 13.3. The van der Waals surface area contributed by atoms with Gasteiger partial charge in [-0.15, -0.1) is 21.5 Å². The van der Waals surface area contributed by atoms with Crippen molar-refractivity contribution in [2.45, 2.75) is 103 Å². The minimum atomic E-state index is -0.330. The van der Waals surface area contributed by atoms with Gasteiger partial charge in [0.1, 0.15) is 10.8 Å². The Hall–Kier alpha value is -1.87. The molecular weight excluding hydrogens is 480 g/mol. The van der Waals surface area contributed by atoms with E-state index in [9.17, 15) is 9.59 Å². The number of thioether (sulfide) groups is 1. The number of esters is 1. The number of hydrogen-bond acceptors (Lipinski definition) is 7. The number of fused-ring (bicyclic) bond motifs is 1. The molecule has 0 saturated heterocycles. The van der Waals surface area contributed by atoms with E-state index in [0.717, 1.165) is 61.1 Å². The number of nitrogens with one attached hydrogen (secondary N) is 1. The first-order chi connectivity index (χ1) is 17.1. The lowest BCUT2D eigenvalue weighted by Crippen LogP contribution is -2.17. The number of aromatic nitrogens is 3. The van der Waals surface area contributed by atoms with Gasteiger partial charge in [0.05, 0.1) is 17.9 Å². The van der Waals surface area contributed by atoms with Gasteiger partial charge in [-0.3, -0.25) is 4.79 Å². The predicted molar refractivity (Wildman–Crippen MR) is 141 cm³/mol. The molecule has 2 heterocycles. The van der Waals surface area contributed by atoms with Crippen LogP contribution in [-0.2, 0) is 35.3 Å². The van der Waals surface area contributed by atoms with Gasteiger partial charge in [-0.1, -0.05) is 50.3 Å². The molecule has 0 atom stereocenters. The van der Waals surface area contributed by atoms with Crippen molar-refractivity contribution in [1.29, 1.82) is 0 Å². The van der Waals surface area contributed by atoms with E-state index in [2.05, 4.69) is 27.0 Å². The number of ether oxygens (including phenoxy) is 1. The van der Waals surface area contributed by atoms with Crippen LogP contribution in [0.3, 0.4) is 0 Å². The molecule has 2 aromatic heterocycles. The summed E-state index contributed by atoms with van der Waals surface area (Å²) in [7, 11) is 0. The van der Waals surface area contributed by atoms with Crippen LogP contribution in [0.25, 0.3) is 0 Å². The highest BCUT2D eigenvalue weighted by molar-refractivity contribution is 7.99. The standard InChI is InChI=1S/C26H38N4O3S2/c1-3-30-21(16-15-18-11-7-5-8-12-18)28-29-26(30)34-17-22(31)27-24-23(25(32)33-4-2)19-13-9-6-10-14-20(19)35-24/h18H,3-17H2,1-2H3,(H,27,31). The van der Waals surface area contributed by atoms with Crippen molar-refractivity contribution in [3.05, 3.63) is 21.8 Å². The molecule has 2 aliphatic rings. The molecule has 0 bridgehead atoms. The quantitative estimate of drug-likeness (QED) is 0.234. The molecule has 1 N–H and O–H groups in total. The van der Waals surface area contributed by atoms with Gasteiger partial charge in [0.15, 0.2) is 5.16 Å². The molecule has 0 spiro atoms. The maximum atomic E-state index is 12.9. The van der Waals surface area contributed by atoms with Crippen molar-refractivity contribution in [2.75, 3.05) is 17.7 Å². The van der Waals surface area contributed by atoms with Gasteiger partial charge in [-0.05, 0) is 57.4 Å². The zero-order chi connectivity index (χ0) is 24.6. The topological polar surface area (TPSA) is 86.1 Å². The second kappa shape index (κ2) is 12.9. The number of amides is 1. The molecule has 1 amide bonds. The zero-order valence-corrected chi connectivity index (χ0v) is 22.7. The Kier molecular flexibility index (Phi) is 9.66. The summed E-state index contributed by atoms with van der Waals surface area (Å²) in [5, 5.41) is 13.3. The number of hydrogen-bond donors (Lipinski definition) is 1. The predicted octanol–water partition coefficient (Wildman–Crippen LogP) is 6.05. The molecule has 192 valence electrons. The number of carbonyl (C=O) groups is 2. The minimum absolute atomic E-state index is 0.133. The van der Waals surface area contributed by atoms with E-state index in [4.69, 9.17) is 4.74 Å². The van der Waals surface area contributed by atoms with Crippen LogP contribution >= 0.6 is 23.1 Å².